The van der Waals surface area contributed by atoms with E-state index < -0.39 is 11.8 Å². The van der Waals surface area contributed by atoms with E-state index in [0.29, 0.717) is 0 Å². The SMILES string of the molecule is CCO/C([O-])=C(/F)C=O.[Na+]. The molecule has 0 spiro atoms. The Balaban J connectivity index is 0. The van der Waals surface area contributed by atoms with Crippen molar-refractivity contribution in [2.75, 3.05) is 6.61 Å². The van der Waals surface area contributed by atoms with Gasteiger partial charge in [-0.05, 0) is 6.61 Å². The summed E-state index contributed by atoms with van der Waals surface area (Å²) < 4.78 is 15.9. The van der Waals surface area contributed by atoms with E-state index in [1.165, 1.54) is 6.92 Å². The first-order chi connectivity index (χ1) is 4.22. The Morgan fingerprint density at radius 2 is 2.30 bits per heavy atom. The molecule has 0 aromatic carbocycles. The van der Waals surface area contributed by atoms with Gasteiger partial charge in [-0.25, -0.2) is 4.39 Å². The fraction of sp³-hybridized carbons (Fsp3) is 0.400. The van der Waals surface area contributed by atoms with Gasteiger partial charge in [0.15, 0.2) is 12.1 Å². The van der Waals surface area contributed by atoms with Crippen molar-refractivity contribution >= 4 is 6.29 Å². The molecule has 3 nitrogen and oxygen atoms in total. The van der Waals surface area contributed by atoms with Gasteiger partial charge in [-0.1, -0.05) is 6.92 Å². The molecule has 52 valence electrons. The van der Waals surface area contributed by atoms with Gasteiger partial charge >= 0.3 is 29.6 Å². The first-order valence-electron chi connectivity index (χ1n) is 2.37. The summed E-state index contributed by atoms with van der Waals surface area (Å²) >= 11 is 0. The average molecular weight is 156 g/mol. The monoisotopic (exact) mass is 156 g/mol. The molecule has 0 unspecified atom stereocenters. The van der Waals surface area contributed by atoms with E-state index in [0.717, 1.165) is 0 Å². The third kappa shape index (κ3) is 4.78. The van der Waals surface area contributed by atoms with Crippen molar-refractivity contribution in [2.45, 2.75) is 6.92 Å². The fourth-order valence-corrected chi connectivity index (χ4v) is 0.248. The van der Waals surface area contributed by atoms with Gasteiger partial charge < -0.3 is 9.84 Å². The van der Waals surface area contributed by atoms with E-state index in [-0.39, 0.29) is 42.5 Å². The van der Waals surface area contributed by atoms with Crippen LogP contribution in [0.2, 0.25) is 0 Å². The minimum Gasteiger partial charge on any atom is -0.611 e. The summed E-state index contributed by atoms with van der Waals surface area (Å²) in [5.41, 5.74) is 0. The van der Waals surface area contributed by atoms with Crippen LogP contribution >= 0.6 is 0 Å². The molecule has 0 radical (unpaired) electrons. The molecule has 0 bridgehead atoms. The second-order valence-electron chi connectivity index (χ2n) is 1.19. The molecular formula is C5H6FNaO3. The van der Waals surface area contributed by atoms with E-state index in [4.69, 9.17) is 0 Å². The van der Waals surface area contributed by atoms with Gasteiger partial charge in [0, 0.05) is 0 Å². The number of ether oxygens (including phenoxy) is 1. The second-order valence-corrected chi connectivity index (χ2v) is 1.19. The van der Waals surface area contributed by atoms with Crippen molar-refractivity contribution < 1.29 is 48.6 Å². The largest absolute Gasteiger partial charge is 1.00 e. The van der Waals surface area contributed by atoms with Crippen LogP contribution in [0.25, 0.3) is 0 Å². The van der Waals surface area contributed by atoms with Gasteiger partial charge in [-0.2, -0.15) is 0 Å². The van der Waals surface area contributed by atoms with Gasteiger partial charge in [0.25, 0.3) is 0 Å². The summed E-state index contributed by atoms with van der Waals surface area (Å²) in [4.78, 5) is 9.51. The van der Waals surface area contributed by atoms with Crippen LogP contribution in [-0.4, -0.2) is 12.9 Å². The third-order valence-electron chi connectivity index (χ3n) is 0.574. The van der Waals surface area contributed by atoms with Gasteiger partial charge in [-0.15, -0.1) is 0 Å². The Kier molecular flexibility index (Phi) is 8.89. The summed E-state index contributed by atoms with van der Waals surface area (Å²) in [6, 6.07) is 0. The minimum absolute atomic E-state index is 0. The Morgan fingerprint density at radius 3 is 2.60 bits per heavy atom. The summed E-state index contributed by atoms with van der Waals surface area (Å²) in [5.74, 6) is -2.59. The van der Waals surface area contributed by atoms with Gasteiger partial charge in [0.05, 0.1) is 5.95 Å². The average Bonchev–Trinajstić information content (AvgIpc) is 1.87. The summed E-state index contributed by atoms with van der Waals surface area (Å²) in [6.07, 6.45) is -0.183. The Morgan fingerprint density at radius 1 is 1.80 bits per heavy atom. The predicted molar refractivity (Wildman–Crippen MR) is 25.8 cm³/mol. The molecule has 0 saturated heterocycles. The molecule has 0 aromatic heterocycles. The minimum atomic E-state index is -1.39. The van der Waals surface area contributed by atoms with Crippen molar-refractivity contribution in [1.29, 1.82) is 0 Å². The topological polar surface area (TPSA) is 49.4 Å². The number of halogens is 1. The molecule has 10 heavy (non-hydrogen) atoms. The van der Waals surface area contributed by atoms with Crippen LogP contribution in [-0.2, 0) is 9.53 Å². The number of allylic oxidation sites excluding steroid dienone is 1. The molecule has 0 heterocycles. The molecule has 0 aromatic rings. The molecule has 0 fully saturated rings. The predicted octanol–water partition coefficient (Wildman–Crippen LogP) is -3.28. The summed E-state index contributed by atoms with van der Waals surface area (Å²) in [5, 5.41) is 10.1. The van der Waals surface area contributed by atoms with Gasteiger partial charge in [-0.3, -0.25) is 4.79 Å². The van der Waals surface area contributed by atoms with E-state index in [1.54, 1.807) is 0 Å². The van der Waals surface area contributed by atoms with E-state index in [2.05, 4.69) is 4.74 Å². The molecular weight excluding hydrogens is 150 g/mol. The van der Waals surface area contributed by atoms with E-state index in [1.807, 2.05) is 0 Å². The zero-order chi connectivity index (χ0) is 7.28. The second kappa shape index (κ2) is 7.05. The van der Waals surface area contributed by atoms with Crippen LogP contribution in [0.1, 0.15) is 6.92 Å². The molecule has 0 rings (SSSR count). The number of rotatable bonds is 3. The third-order valence-corrected chi connectivity index (χ3v) is 0.574. The first kappa shape index (κ1) is 12.6. The van der Waals surface area contributed by atoms with Crippen LogP contribution in [0.15, 0.2) is 11.8 Å². The number of carbonyl (C=O) groups is 1. The Bertz CT molecular complexity index is 135. The molecule has 0 atom stereocenters. The normalized spacial score (nSPS) is 11.0. The van der Waals surface area contributed by atoms with Crippen molar-refractivity contribution in [2.24, 2.45) is 0 Å². The Hall–Kier alpha value is -0.0600. The Labute approximate surface area is 80.2 Å². The number of aldehydes is 1. The zero-order valence-corrected chi connectivity index (χ0v) is 7.89. The number of carbonyl (C=O) groups excluding carboxylic acids is 1. The smallest absolute Gasteiger partial charge is 0.611 e. The molecule has 0 aliphatic carbocycles. The number of hydrogen-bond donors (Lipinski definition) is 0. The van der Waals surface area contributed by atoms with Gasteiger partial charge in [0.1, 0.15) is 0 Å². The molecule has 0 aliphatic rings. The standard InChI is InChI=1S/C5H7FO3.Na/c1-2-9-5(8)4(6)3-7;/h3,8H,2H2,1H3;/q;+1/p-1/b5-4+;. The van der Waals surface area contributed by atoms with Crippen molar-refractivity contribution in [1.82, 2.24) is 0 Å². The molecule has 0 amide bonds. The summed E-state index contributed by atoms with van der Waals surface area (Å²) in [7, 11) is 0. The number of hydrogen-bond acceptors (Lipinski definition) is 3. The van der Waals surface area contributed by atoms with Crippen molar-refractivity contribution in [3.63, 3.8) is 0 Å². The fourth-order valence-electron chi connectivity index (χ4n) is 0.248. The molecule has 0 aliphatic heterocycles. The summed E-state index contributed by atoms with van der Waals surface area (Å²) in [6.45, 7) is 1.59. The van der Waals surface area contributed by atoms with Crippen LogP contribution in [0.5, 0.6) is 0 Å². The quantitative estimate of drug-likeness (QED) is 0.186. The van der Waals surface area contributed by atoms with Crippen LogP contribution < -0.4 is 34.7 Å². The zero-order valence-electron chi connectivity index (χ0n) is 5.89. The van der Waals surface area contributed by atoms with Gasteiger partial charge in [0.2, 0.25) is 0 Å². The van der Waals surface area contributed by atoms with Crippen molar-refractivity contribution in [3.8, 4) is 0 Å². The van der Waals surface area contributed by atoms with Crippen LogP contribution in [0.4, 0.5) is 4.39 Å². The van der Waals surface area contributed by atoms with E-state index in [9.17, 15) is 14.3 Å². The maximum atomic E-state index is 11.8. The van der Waals surface area contributed by atoms with E-state index >= 15 is 0 Å². The van der Waals surface area contributed by atoms with Crippen LogP contribution in [0, 0.1) is 0 Å². The maximum absolute atomic E-state index is 11.8. The van der Waals surface area contributed by atoms with Crippen LogP contribution in [0.3, 0.4) is 0 Å². The maximum Gasteiger partial charge on any atom is 1.00 e. The van der Waals surface area contributed by atoms with Crippen molar-refractivity contribution in [3.05, 3.63) is 11.8 Å². The molecule has 0 N–H and O–H groups in total. The molecule has 5 heteroatoms. The first-order valence-corrected chi connectivity index (χ1v) is 2.37. The molecule has 0 saturated carbocycles.